The molecule has 38 heavy (non-hydrogen) atoms. The second-order valence-electron chi connectivity index (χ2n) is 9.55. The molecule has 3 aromatic carbocycles. The SMILES string of the molecule is CCCCCCCN(C(=O)Nc1ccc(F)cc1F)C1CCCOc2cc(-c3ccc(F)c(F)c3)ccc21. The van der Waals surface area contributed by atoms with Gasteiger partial charge in [0.2, 0.25) is 0 Å². The Balaban J connectivity index is 1.63. The van der Waals surface area contributed by atoms with Gasteiger partial charge in [-0.05, 0) is 60.7 Å². The summed E-state index contributed by atoms with van der Waals surface area (Å²) in [7, 11) is 0. The molecule has 1 N–H and O–H groups in total. The van der Waals surface area contributed by atoms with Gasteiger partial charge in [0.05, 0.1) is 18.3 Å². The molecule has 1 aliphatic rings. The third kappa shape index (κ3) is 6.65. The number of nitrogens with zero attached hydrogens (tertiary/aromatic N) is 1. The second-order valence-corrected chi connectivity index (χ2v) is 9.55. The summed E-state index contributed by atoms with van der Waals surface area (Å²) in [6, 6.07) is 11.4. The molecule has 0 fully saturated rings. The van der Waals surface area contributed by atoms with Gasteiger partial charge in [-0.25, -0.2) is 22.4 Å². The molecule has 1 aliphatic heterocycles. The van der Waals surface area contributed by atoms with Crippen LogP contribution in [0.3, 0.4) is 0 Å². The highest BCUT2D eigenvalue weighted by molar-refractivity contribution is 5.90. The Kier molecular flexibility index (Phi) is 9.26. The van der Waals surface area contributed by atoms with Gasteiger partial charge >= 0.3 is 6.03 Å². The van der Waals surface area contributed by atoms with E-state index in [4.69, 9.17) is 4.74 Å². The fourth-order valence-electron chi connectivity index (χ4n) is 4.79. The van der Waals surface area contributed by atoms with E-state index in [1.165, 1.54) is 12.1 Å². The van der Waals surface area contributed by atoms with Gasteiger partial charge in [0.1, 0.15) is 17.4 Å². The van der Waals surface area contributed by atoms with Crippen molar-refractivity contribution in [3.8, 4) is 16.9 Å². The molecule has 202 valence electrons. The number of urea groups is 1. The summed E-state index contributed by atoms with van der Waals surface area (Å²) in [6.45, 7) is 3.02. The van der Waals surface area contributed by atoms with Crippen molar-refractivity contribution in [2.24, 2.45) is 0 Å². The van der Waals surface area contributed by atoms with Crippen LogP contribution in [0.2, 0.25) is 0 Å². The number of halogens is 4. The normalized spacial score (nSPS) is 14.8. The number of rotatable bonds is 9. The molecule has 0 bridgehead atoms. The van der Waals surface area contributed by atoms with E-state index in [9.17, 15) is 22.4 Å². The van der Waals surface area contributed by atoms with E-state index in [1.807, 2.05) is 6.07 Å². The van der Waals surface area contributed by atoms with E-state index in [1.54, 1.807) is 17.0 Å². The zero-order valence-electron chi connectivity index (χ0n) is 21.4. The molecule has 8 heteroatoms. The molecule has 1 unspecified atom stereocenters. The van der Waals surface area contributed by atoms with Crippen molar-refractivity contribution < 1.29 is 27.1 Å². The third-order valence-electron chi connectivity index (χ3n) is 6.82. The summed E-state index contributed by atoms with van der Waals surface area (Å²) in [5.74, 6) is -2.86. The number of benzene rings is 3. The molecule has 4 rings (SSSR count). The number of carbonyl (C=O) groups is 1. The number of hydrogen-bond donors (Lipinski definition) is 1. The van der Waals surface area contributed by atoms with Crippen LogP contribution in [0.5, 0.6) is 5.75 Å². The van der Waals surface area contributed by atoms with Gasteiger partial charge in [-0.3, -0.25) is 0 Å². The van der Waals surface area contributed by atoms with Crippen molar-refractivity contribution in [1.82, 2.24) is 4.90 Å². The number of anilines is 1. The molecule has 0 aromatic heterocycles. The lowest BCUT2D eigenvalue weighted by Gasteiger charge is -2.32. The van der Waals surface area contributed by atoms with Gasteiger partial charge in [0.25, 0.3) is 0 Å². The topological polar surface area (TPSA) is 41.6 Å². The average Bonchev–Trinajstić information content (AvgIpc) is 3.11. The Morgan fingerprint density at radius 2 is 1.66 bits per heavy atom. The highest BCUT2D eigenvalue weighted by Crippen LogP contribution is 2.39. The molecular formula is C30H32F4N2O2. The molecule has 4 nitrogen and oxygen atoms in total. The molecular weight excluding hydrogens is 496 g/mol. The minimum absolute atomic E-state index is 0.0915. The number of fused-ring (bicyclic) bond motifs is 1. The maximum Gasteiger partial charge on any atom is 0.322 e. The molecule has 0 radical (unpaired) electrons. The zero-order chi connectivity index (χ0) is 27.1. The van der Waals surface area contributed by atoms with E-state index < -0.39 is 29.3 Å². The maximum atomic E-state index is 14.3. The Labute approximate surface area is 220 Å². The van der Waals surface area contributed by atoms with Crippen molar-refractivity contribution in [3.05, 3.63) is 83.4 Å². The standard InChI is InChI=1S/C30H32F4N2O2/c1-2-3-4-5-6-15-36(30(37)35-27-14-11-22(31)19-26(27)34)28-8-7-16-38-29-18-21(9-12-23(28)29)20-10-13-24(32)25(33)17-20/h9-14,17-19,28H,2-8,15-16H2,1H3,(H,35,37). The molecule has 1 atom stereocenters. The molecule has 0 aliphatic carbocycles. The number of ether oxygens (including phenoxy) is 1. The average molecular weight is 529 g/mol. The van der Waals surface area contributed by atoms with E-state index in [0.717, 1.165) is 61.9 Å². The summed E-state index contributed by atoms with van der Waals surface area (Å²) in [4.78, 5) is 15.2. The molecule has 2 amide bonds. The van der Waals surface area contributed by atoms with E-state index in [0.29, 0.717) is 42.9 Å². The molecule has 3 aromatic rings. The van der Waals surface area contributed by atoms with Crippen LogP contribution < -0.4 is 10.1 Å². The van der Waals surface area contributed by atoms with Crippen LogP contribution in [0.1, 0.15) is 63.5 Å². The quantitative estimate of drug-likeness (QED) is 0.223. The van der Waals surface area contributed by atoms with Crippen molar-refractivity contribution in [1.29, 1.82) is 0 Å². The van der Waals surface area contributed by atoms with Crippen molar-refractivity contribution in [2.45, 2.75) is 57.9 Å². The first-order valence-corrected chi connectivity index (χ1v) is 13.1. The van der Waals surface area contributed by atoms with E-state index in [-0.39, 0.29) is 11.7 Å². The number of nitrogens with one attached hydrogen (secondary N) is 1. The maximum absolute atomic E-state index is 14.3. The number of carbonyl (C=O) groups excluding carboxylic acids is 1. The van der Waals surface area contributed by atoms with Crippen molar-refractivity contribution in [2.75, 3.05) is 18.5 Å². The lowest BCUT2D eigenvalue weighted by atomic mass is 9.96. The summed E-state index contributed by atoms with van der Waals surface area (Å²) >= 11 is 0. The van der Waals surface area contributed by atoms with Crippen molar-refractivity contribution in [3.63, 3.8) is 0 Å². The fraction of sp³-hybridized carbons (Fsp3) is 0.367. The predicted molar refractivity (Wildman–Crippen MR) is 140 cm³/mol. The predicted octanol–water partition coefficient (Wildman–Crippen LogP) is 8.63. The highest BCUT2D eigenvalue weighted by atomic mass is 19.2. The van der Waals surface area contributed by atoms with Gasteiger partial charge in [-0.2, -0.15) is 0 Å². The van der Waals surface area contributed by atoms with Gasteiger partial charge in [-0.15, -0.1) is 0 Å². The zero-order valence-corrected chi connectivity index (χ0v) is 21.4. The largest absolute Gasteiger partial charge is 0.493 e. The summed E-state index contributed by atoms with van der Waals surface area (Å²) in [5, 5.41) is 2.61. The lowest BCUT2D eigenvalue weighted by molar-refractivity contribution is 0.181. The smallest absolute Gasteiger partial charge is 0.322 e. The summed E-state index contributed by atoms with van der Waals surface area (Å²) in [6.07, 6.45) is 6.31. The Bertz CT molecular complexity index is 1270. The first-order chi connectivity index (χ1) is 18.4. The van der Waals surface area contributed by atoms with E-state index in [2.05, 4.69) is 12.2 Å². The minimum Gasteiger partial charge on any atom is -0.493 e. The van der Waals surface area contributed by atoms with Gasteiger partial charge in [0, 0.05) is 18.2 Å². The van der Waals surface area contributed by atoms with Crippen LogP contribution in [0.4, 0.5) is 28.0 Å². The molecule has 1 heterocycles. The monoisotopic (exact) mass is 528 g/mol. The Morgan fingerprint density at radius 3 is 2.42 bits per heavy atom. The Morgan fingerprint density at radius 1 is 0.895 bits per heavy atom. The summed E-state index contributed by atoms with van der Waals surface area (Å²) < 4.78 is 61.0. The molecule has 0 spiro atoms. The van der Waals surface area contributed by atoms with E-state index >= 15 is 0 Å². The van der Waals surface area contributed by atoms with Crippen LogP contribution in [-0.2, 0) is 0 Å². The van der Waals surface area contributed by atoms with Crippen LogP contribution >= 0.6 is 0 Å². The third-order valence-corrected chi connectivity index (χ3v) is 6.82. The Hall–Kier alpha value is -3.55. The molecule has 0 saturated heterocycles. The van der Waals surface area contributed by atoms with Crippen LogP contribution in [0.15, 0.2) is 54.6 Å². The number of amides is 2. The first kappa shape index (κ1) is 27.5. The fourth-order valence-corrected chi connectivity index (χ4v) is 4.79. The number of hydrogen-bond acceptors (Lipinski definition) is 2. The van der Waals surface area contributed by atoms with Crippen molar-refractivity contribution >= 4 is 11.7 Å². The minimum atomic E-state index is -0.935. The second kappa shape index (κ2) is 12.8. The lowest BCUT2D eigenvalue weighted by Crippen LogP contribution is -2.39. The molecule has 0 saturated carbocycles. The first-order valence-electron chi connectivity index (χ1n) is 13.1. The van der Waals surface area contributed by atoms with Gasteiger partial charge < -0.3 is 15.0 Å². The van der Waals surface area contributed by atoms with Gasteiger partial charge in [-0.1, -0.05) is 50.8 Å². The van der Waals surface area contributed by atoms with Gasteiger partial charge in [0.15, 0.2) is 11.6 Å². The highest BCUT2D eigenvalue weighted by Gasteiger charge is 2.30. The van der Waals surface area contributed by atoms with Crippen LogP contribution in [0, 0.1) is 23.3 Å². The summed E-state index contributed by atoms with van der Waals surface area (Å²) in [5.41, 5.74) is 1.86. The number of unbranched alkanes of at least 4 members (excludes halogenated alkanes) is 4. The van der Waals surface area contributed by atoms with Crippen LogP contribution in [-0.4, -0.2) is 24.1 Å². The van der Waals surface area contributed by atoms with Crippen LogP contribution in [0.25, 0.3) is 11.1 Å².